The lowest BCUT2D eigenvalue weighted by Crippen LogP contribution is -2.14. The number of aryl methyl sites for hydroxylation is 3. The number of aromatic nitrogens is 3. The number of nitrogens with one attached hydrogen (secondary N) is 1. The summed E-state index contributed by atoms with van der Waals surface area (Å²) in [6.45, 7) is 6.07. The third-order valence-electron chi connectivity index (χ3n) is 4.71. The second-order valence-corrected chi connectivity index (χ2v) is 8.02. The van der Waals surface area contributed by atoms with Crippen molar-refractivity contribution in [2.45, 2.75) is 25.9 Å². The molecule has 0 unspecified atom stereocenters. The van der Waals surface area contributed by atoms with Gasteiger partial charge in [-0.05, 0) is 61.7 Å². The molecule has 0 spiro atoms. The number of rotatable bonds is 5. The van der Waals surface area contributed by atoms with Gasteiger partial charge in [0.25, 0.3) is 0 Å². The first-order valence-electron chi connectivity index (χ1n) is 9.28. The third kappa shape index (κ3) is 3.78. The lowest BCUT2D eigenvalue weighted by molar-refractivity contribution is -0.113. The molecule has 1 N–H and O–H groups in total. The maximum atomic E-state index is 12.5. The van der Waals surface area contributed by atoms with Crippen LogP contribution in [0.1, 0.15) is 16.7 Å². The lowest BCUT2D eigenvalue weighted by atomic mass is 10.1. The first kappa shape index (κ1) is 19.3. The molecule has 2 aromatic heterocycles. The smallest absolute Gasteiger partial charge is 0.234 e. The first-order chi connectivity index (χ1) is 14.0. The zero-order valence-corrected chi connectivity index (χ0v) is 17.6. The van der Waals surface area contributed by atoms with Crippen molar-refractivity contribution in [1.82, 2.24) is 14.6 Å². The van der Waals surface area contributed by atoms with Crippen LogP contribution in [0.4, 0.5) is 5.69 Å². The minimum absolute atomic E-state index is 0.0832. The van der Waals surface area contributed by atoms with E-state index in [9.17, 15) is 4.79 Å². The Morgan fingerprint density at radius 3 is 2.59 bits per heavy atom. The SMILES string of the molecule is COc1cccc2c(C)cc3nnc(SCC(=O)Nc4cc(C)cc(C)c4)n3c12. The molecule has 6 nitrogen and oxygen atoms in total. The number of hydrogen-bond acceptors (Lipinski definition) is 5. The number of para-hydroxylation sites is 1. The van der Waals surface area contributed by atoms with E-state index in [1.807, 2.05) is 61.6 Å². The topological polar surface area (TPSA) is 68.5 Å². The Hall–Kier alpha value is -3.06. The number of carbonyl (C=O) groups excluding carboxylic acids is 1. The van der Waals surface area contributed by atoms with Gasteiger partial charge in [-0.3, -0.25) is 9.20 Å². The highest BCUT2D eigenvalue weighted by Crippen LogP contribution is 2.31. The van der Waals surface area contributed by atoms with Gasteiger partial charge in [0.2, 0.25) is 5.91 Å². The number of fused-ring (bicyclic) bond motifs is 3. The van der Waals surface area contributed by atoms with Crippen LogP contribution < -0.4 is 10.1 Å². The van der Waals surface area contributed by atoms with Crippen molar-refractivity contribution < 1.29 is 9.53 Å². The molecular weight excluding hydrogens is 384 g/mol. The fourth-order valence-corrected chi connectivity index (χ4v) is 4.30. The van der Waals surface area contributed by atoms with Crippen LogP contribution in [0, 0.1) is 20.8 Å². The molecule has 0 saturated heterocycles. The molecule has 2 aromatic carbocycles. The number of thioether (sulfide) groups is 1. The maximum Gasteiger partial charge on any atom is 0.234 e. The van der Waals surface area contributed by atoms with Gasteiger partial charge in [0.15, 0.2) is 10.8 Å². The van der Waals surface area contributed by atoms with Gasteiger partial charge in [-0.2, -0.15) is 0 Å². The number of carbonyl (C=O) groups is 1. The Morgan fingerprint density at radius 1 is 1.10 bits per heavy atom. The van der Waals surface area contributed by atoms with Crippen molar-refractivity contribution in [3.8, 4) is 5.75 Å². The van der Waals surface area contributed by atoms with E-state index in [2.05, 4.69) is 21.6 Å². The van der Waals surface area contributed by atoms with Gasteiger partial charge in [-0.1, -0.05) is 30.0 Å². The molecule has 2 heterocycles. The maximum absolute atomic E-state index is 12.5. The van der Waals surface area contributed by atoms with E-state index in [0.29, 0.717) is 5.16 Å². The van der Waals surface area contributed by atoms with E-state index in [1.165, 1.54) is 11.8 Å². The van der Waals surface area contributed by atoms with Crippen molar-refractivity contribution in [2.24, 2.45) is 0 Å². The number of pyridine rings is 1. The summed E-state index contributed by atoms with van der Waals surface area (Å²) in [6, 6.07) is 13.9. The van der Waals surface area contributed by atoms with Gasteiger partial charge >= 0.3 is 0 Å². The van der Waals surface area contributed by atoms with Crippen LogP contribution in [0.3, 0.4) is 0 Å². The van der Waals surface area contributed by atoms with Crippen LogP contribution >= 0.6 is 11.8 Å². The van der Waals surface area contributed by atoms with Gasteiger partial charge in [-0.25, -0.2) is 0 Å². The number of benzene rings is 2. The van der Waals surface area contributed by atoms with Gasteiger partial charge in [0.1, 0.15) is 5.75 Å². The van der Waals surface area contributed by atoms with Crippen LogP contribution in [0.15, 0.2) is 47.6 Å². The van der Waals surface area contributed by atoms with Crippen molar-refractivity contribution in [3.63, 3.8) is 0 Å². The number of ether oxygens (including phenoxy) is 1. The van der Waals surface area contributed by atoms with Crippen LogP contribution in [0.2, 0.25) is 0 Å². The molecule has 0 radical (unpaired) electrons. The largest absolute Gasteiger partial charge is 0.495 e. The Labute approximate surface area is 173 Å². The summed E-state index contributed by atoms with van der Waals surface area (Å²) in [5, 5.41) is 13.3. The zero-order chi connectivity index (χ0) is 20.5. The van der Waals surface area contributed by atoms with E-state index in [1.54, 1.807) is 7.11 Å². The number of amides is 1. The van der Waals surface area contributed by atoms with Crippen LogP contribution in [0.25, 0.3) is 16.6 Å². The Bertz CT molecular complexity index is 1210. The molecule has 0 atom stereocenters. The fourth-order valence-electron chi connectivity index (χ4n) is 3.56. The molecule has 0 saturated carbocycles. The highest BCUT2D eigenvalue weighted by Gasteiger charge is 2.16. The molecule has 7 heteroatoms. The van der Waals surface area contributed by atoms with Crippen LogP contribution in [0.5, 0.6) is 5.75 Å². The average molecular weight is 407 g/mol. The summed E-state index contributed by atoms with van der Waals surface area (Å²) in [5.74, 6) is 0.899. The summed E-state index contributed by atoms with van der Waals surface area (Å²) in [5.41, 5.74) is 5.78. The molecule has 0 aliphatic rings. The summed E-state index contributed by atoms with van der Waals surface area (Å²) in [6.07, 6.45) is 0. The zero-order valence-electron chi connectivity index (χ0n) is 16.8. The standard InChI is InChI=1S/C22H22N4O2S/c1-13-8-14(2)10-16(9-13)23-20(27)12-29-22-25-24-19-11-15(3)17-6-5-7-18(28-4)21(17)26(19)22/h5-11H,12H2,1-4H3,(H,23,27). The molecule has 0 aliphatic carbocycles. The molecule has 4 aromatic rings. The second kappa shape index (κ2) is 7.75. The van der Waals surface area contributed by atoms with E-state index >= 15 is 0 Å². The van der Waals surface area contributed by atoms with Gasteiger partial charge in [0, 0.05) is 11.1 Å². The normalized spacial score (nSPS) is 11.2. The van der Waals surface area contributed by atoms with E-state index in [0.717, 1.165) is 44.7 Å². The van der Waals surface area contributed by atoms with Gasteiger partial charge in [-0.15, -0.1) is 10.2 Å². The van der Waals surface area contributed by atoms with Crippen molar-refractivity contribution in [3.05, 3.63) is 59.2 Å². The summed E-state index contributed by atoms with van der Waals surface area (Å²) < 4.78 is 7.53. The molecular formula is C22H22N4O2S. The van der Waals surface area contributed by atoms with Crippen molar-refractivity contribution in [1.29, 1.82) is 0 Å². The predicted octanol–water partition coefficient (Wildman–Crippen LogP) is 4.55. The van der Waals surface area contributed by atoms with Crippen LogP contribution in [-0.4, -0.2) is 33.4 Å². The molecule has 0 aliphatic heterocycles. The lowest BCUT2D eigenvalue weighted by Gasteiger charge is -2.11. The average Bonchev–Trinajstić information content (AvgIpc) is 3.07. The number of methoxy groups -OCH3 is 1. The summed E-state index contributed by atoms with van der Waals surface area (Å²) in [4.78, 5) is 12.5. The molecule has 29 heavy (non-hydrogen) atoms. The van der Waals surface area contributed by atoms with Crippen molar-refractivity contribution in [2.75, 3.05) is 18.2 Å². The van der Waals surface area contributed by atoms with Crippen molar-refractivity contribution >= 4 is 39.9 Å². The molecule has 0 fully saturated rings. The molecule has 148 valence electrons. The van der Waals surface area contributed by atoms with E-state index in [-0.39, 0.29) is 11.7 Å². The quantitative estimate of drug-likeness (QED) is 0.493. The monoisotopic (exact) mass is 406 g/mol. The van der Waals surface area contributed by atoms with Gasteiger partial charge in [0.05, 0.1) is 18.4 Å². The first-order valence-corrected chi connectivity index (χ1v) is 10.3. The van der Waals surface area contributed by atoms with Crippen LogP contribution in [-0.2, 0) is 4.79 Å². The minimum Gasteiger partial charge on any atom is -0.495 e. The Morgan fingerprint density at radius 2 is 1.86 bits per heavy atom. The molecule has 0 bridgehead atoms. The second-order valence-electron chi connectivity index (χ2n) is 7.07. The summed E-state index contributed by atoms with van der Waals surface area (Å²) >= 11 is 1.35. The number of anilines is 1. The molecule has 1 amide bonds. The summed E-state index contributed by atoms with van der Waals surface area (Å²) in [7, 11) is 1.65. The van der Waals surface area contributed by atoms with Gasteiger partial charge < -0.3 is 10.1 Å². The third-order valence-corrected chi connectivity index (χ3v) is 5.64. The van der Waals surface area contributed by atoms with E-state index in [4.69, 9.17) is 4.74 Å². The van der Waals surface area contributed by atoms with E-state index < -0.39 is 0 Å². The fraction of sp³-hybridized carbons (Fsp3) is 0.227. The highest BCUT2D eigenvalue weighted by atomic mass is 32.2. The Kier molecular flexibility index (Phi) is 5.15. The number of hydrogen-bond donors (Lipinski definition) is 1. The predicted molar refractivity (Wildman–Crippen MR) is 117 cm³/mol. The number of nitrogens with zero attached hydrogens (tertiary/aromatic N) is 3. The Balaban J connectivity index is 1.63. The minimum atomic E-state index is -0.0832. The molecule has 4 rings (SSSR count). The highest BCUT2D eigenvalue weighted by molar-refractivity contribution is 7.99.